The van der Waals surface area contributed by atoms with E-state index < -0.39 is 0 Å². The number of halogens is 3. The first kappa shape index (κ1) is 24.8. The Morgan fingerprint density at radius 2 is 1.96 bits per heavy atom. The number of hydrogen-bond donors (Lipinski definition) is 1. The summed E-state index contributed by atoms with van der Waals surface area (Å²) in [6.45, 7) is 9.46. The van der Waals surface area contributed by atoms with Crippen molar-refractivity contribution in [2.45, 2.75) is 26.3 Å². The fraction of sp³-hybridized carbons (Fsp3) is 0.632. The van der Waals surface area contributed by atoms with Gasteiger partial charge in [-0.05, 0) is 44.0 Å². The van der Waals surface area contributed by atoms with Crippen molar-refractivity contribution in [1.82, 2.24) is 15.1 Å². The van der Waals surface area contributed by atoms with Crippen LogP contribution in [-0.2, 0) is 11.3 Å². The van der Waals surface area contributed by atoms with Crippen LogP contribution in [0.1, 0.15) is 25.3 Å². The van der Waals surface area contributed by atoms with E-state index >= 15 is 0 Å². The standard InChI is InChI=1S/C19H30Cl2N4O.HI/c1-3-22-19(23-8-4-5-9-25-10-12-26-13-11-25)24(2)15-16-6-7-17(20)18(21)14-16;/h6-7,14H,3-5,8-13,15H2,1-2H3,(H,22,23);1H. The maximum atomic E-state index is 6.11. The first-order valence-corrected chi connectivity index (χ1v) is 10.1. The Bertz CT molecular complexity index is 583. The molecule has 0 atom stereocenters. The molecule has 0 unspecified atom stereocenters. The van der Waals surface area contributed by atoms with E-state index in [1.54, 1.807) is 0 Å². The summed E-state index contributed by atoms with van der Waals surface area (Å²) in [6.07, 6.45) is 2.26. The second kappa shape index (κ2) is 13.8. The molecule has 1 fully saturated rings. The minimum absolute atomic E-state index is 0. The van der Waals surface area contributed by atoms with Crippen LogP contribution in [0.2, 0.25) is 10.0 Å². The highest BCUT2D eigenvalue weighted by molar-refractivity contribution is 14.0. The largest absolute Gasteiger partial charge is 0.379 e. The smallest absolute Gasteiger partial charge is 0.193 e. The molecule has 2 rings (SSSR count). The molecule has 0 aromatic heterocycles. The average molecular weight is 529 g/mol. The minimum Gasteiger partial charge on any atom is -0.379 e. The normalized spacial score (nSPS) is 15.3. The number of benzene rings is 1. The molecule has 1 aliphatic heterocycles. The van der Waals surface area contributed by atoms with E-state index in [1.165, 1.54) is 6.42 Å². The third-order valence-electron chi connectivity index (χ3n) is 4.35. The first-order valence-electron chi connectivity index (χ1n) is 9.33. The maximum absolute atomic E-state index is 6.11. The van der Waals surface area contributed by atoms with Crippen LogP contribution in [0, 0.1) is 0 Å². The highest BCUT2D eigenvalue weighted by Gasteiger charge is 2.10. The molecule has 1 aromatic carbocycles. The number of unbranched alkanes of at least 4 members (excludes halogenated alkanes) is 1. The van der Waals surface area contributed by atoms with Crippen LogP contribution >= 0.6 is 47.2 Å². The summed E-state index contributed by atoms with van der Waals surface area (Å²) < 4.78 is 5.38. The SMILES string of the molecule is CCNC(=NCCCCN1CCOCC1)N(C)Cc1ccc(Cl)c(Cl)c1.I. The molecular formula is C19H31Cl2IN4O. The number of guanidine groups is 1. The number of morpholine rings is 1. The quantitative estimate of drug-likeness (QED) is 0.238. The highest BCUT2D eigenvalue weighted by Crippen LogP contribution is 2.23. The summed E-state index contributed by atoms with van der Waals surface area (Å²) in [5, 5.41) is 4.53. The molecule has 1 aromatic rings. The van der Waals surface area contributed by atoms with E-state index in [1.807, 2.05) is 25.2 Å². The number of rotatable bonds is 8. The Morgan fingerprint density at radius 3 is 2.63 bits per heavy atom. The van der Waals surface area contributed by atoms with Gasteiger partial charge in [0.2, 0.25) is 0 Å². The molecule has 5 nitrogen and oxygen atoms in total. The van der Waals surface area contributed by atoms with Crippen molar-refractivity contribution >= 4 is 53.1 Å². The lowest BCUT2D eigenvalue weighted by Gasteiger charge is -2.26. The molecule has 0 spiro atoms. The zero-order valence-electron chi connectivity index (χ0n) is 16.2. The third kappa shape index (κ3) is 9.17. The lowest BCUT2D eigenvalue weighted by molar-refractivity contribution is 0.0373. The van der Waals surface area contributed by atoms with Gasteiger partial charge < -0.3 is 15.0 Å². The van der Waals surface area contributed by atoms with Crippen LogP contribution in [0.3, 0.4) is 0 Å². The molecule has 154 valence electrons. The van der Waals surface area contributed by atoms with Crippen LogP contribution < -0.4 is 5.32 Å². The summed E-state index contributed by atoms with van der Waals surface area (Å²) in [5.74, 6) is 0.921. The van der Waals surface area contributed by atoms with Crippen molar-refractivity contribution in [2.75, 3.05) is 53.0 Å². The lowest BCUT2D eigenvalue weighted by Crippen LogP contribution is -2.38. The highest BCUT2D eigenvalue weighted by atomic mass is 127. The predicted molar refractivity (Wildman–Crippen MR) is 126 cm³/mol. The average Bonchev–Trinajstić information content (AvgIpc) is 2.64. The molecule has 1 N–H and O–H groups in total. The number of aliphatic imine (C=N–C) groups is 1. The van der Waals surface area contributed by atoms with Crippen molar-refractivity contribution in [3.05, 3.63) is 33.8 Å². The first-order chi connectivity index (χ1) is 12.6. The van der Waals surface area contributed by atoms with Gasteiger partial charge in [-0.2, -0.15) is 0 Å². The van der Waals surface area contributed by atoms with Crippen molar-refractivity contribution in [2.24, 2.45) is 4.99 Å². The molecule has 8 heteroatoms. The Morgan fingerprint density at radius 1 is 1.22 bits per heavy atom. The van der Waals surface area contributed by atoms with Gasteiger partial charge in [0.25, 0.3) is 0 Å². The van der Waals surface area contributed by atoms with Crippen LogP contribution in [0.4, 0.5) is 0 Å². The number of nitrogens with one attached hydrogen (secondary N) is 1. The van der Waals surface area contributed by atoms with Gasteiger partial charge in [-0.15, -0.1) is 24.0 Å². The number of hydrogen-bond acceptors (Lipinski definition) is 3. The van der Waals surface area contributed by atoms with Gasteiger partial charge in [0, 0.05) is 39.8 Å². The summed E-state index contributed by atoms with van der Waals surface area (Å²) in [4.78, 5) is 9.34. The van der Waals surface area contributed by atoms with Gasteiger partial charge in [0.1, 0.15) is 0 Å². The Hall–Kier alpha value is -0.280. The van der Waals surface area contributed by atoms with Crippen molar-refractivity contribution in [3.8, 4) is 0 Å². The summed E-state index contributed by atoms with van der Waals surface area (Å²) in [6, 6.07) is 5.74. The second-order valence-electron chi connectivity index (χ2n) is 6.50. The molecule has 1 heterocycles. The molecule has 1 saturated heterocycles. The Kier molecular flexibility index (Phi) is 12.7. The topological polar surface area (TPSA) is 40.1 Å². The summed E-state index contributed by atoms with van der Waals surface area (Å²) >= 11 is 12.1. The summed E-state index contributed by atoms with van der Waals surface area (Å²) in [7, 11) is 2.04. The molecule has 0 radical (unpaired) electrons. The molecular weight excluding hydrogens is 498 g/mol. The third-order valence-corrected chi connectivity index (χ3v) is 5.09. The molecule has 0 aliphatic carbocycles. The fourth-order valence-electron chi connectivity index (χ4n) is 2.91. The van der Waals surface area contributed by atoms with Crippen LogP contribution in [-0.4, -0.2) is 68.7 Å². The molecule has 1 aliphatic rings. The van der Waals surface area contributed by atoms with E-state index in [9.17, 15) is 0 Å². The Labute approximate surface area is 190 Å². The molecule has 27 heavy (non-hydrogen) atoms. The molecule has 0 saturated carbocycles. The van der Waals surface area contributed by atoms with Crippen molar-refractivity contribution in [1.29, 1.82) is 0 Å². The van der Waals surface area contributed by atoms with E-state index in [4.69, 9.17) is 32.9 Å². The molecule has 0 amide bonds. The van der Waals surface area contributed by atoms with Gasteiger partial charge in [0.05, 0.1) is 23.3 Å². The van der Waals surface area contributed by atoms with Gasteiger partial charge in [-0.1, -0.05) is 29.3 Å². The van der Waals surface area contributed by atoms with Gasteiger partial charge in [0.15, 0.2) is 5.96 Å². The van der Waals surface area contributed by atoms with Crippen molar-refractivity contribution < 1.29 is 4.74 Å². The van der Waals surface area contributed by atoms with Gasteiger partial charge >= 0.3 is 0 Å². The van der Waals surface area contributed by atoms with Crippen LogP contribution in [0.5, 0.6) is 0 Å². The van der Waals surface area contributed by atoms with E-state index in [2.05, 4.69) is 22.0 Å². The second-order valence-corrected chi connectivity index (χ2v) is 7.32. The van der Waals surface area contributed by atoms with Crippen molar-refractivity contribution in [3.63, 3.8) is 0 Å². The predicted octanol–water partition coefficient (Wildman–Crippen LogP) is 4.12. The molecule has 0 bridgehead atoms. The summed E-state index contributed by atoms with van der Waals surface area (Å²) in [5.41, 5.74) is 1.11. The number of ether oxygens (including phenoxy) is 1. The zero-order chi connectivity index (χ0) is 18.8. The minimum atomic E-state index is 0. The van der Waals surface area contributed by atoms with E-state index in [0.717, 1.165) is 70.4 Å². The monoisotopic (exact) mass is 528 g/mol. The lowest BCUT2D eigenvalue weighted by atomic mass is 10.2. The van der Waals surface area contributed by atoms with Gasteiger partial charge in [-0.25, -0.2) is 0 Å². The van der Waals surface area contributed by atoms with Gasteiger partial charge in [-0.3, -0.25) is 9.89 Å². The fourth-order valence-corrected chi connectivity index (χ4v) is 3.23. The number of nitrogens with zero attached hydrogens (tertiary/aromatic N) is 3. The van der Waals surface area contributed by atoms with E-state index in [-0.39, 0.29) is 24.0 Å². The van der Waals surface area contributed by atoms with E-state index in [0.29, 0.717) is 10.0 Å². The van der Waals surface area contributed by atoms with Crippen LogP contribution in [0.25, 0.3) is 0 Å². The zero-order valence-corrected chi connectivity index (χ0v) is 20.1. The Balaban J connectivity index is 0.00000364. The maximum Gasteiger partial charge on any atom is 0.193 e. The van der Waals surface area contributed by atoms with Crippen LogP contribution in [0.15, 0.2) is 23.2 Å².